The SMILES string of the molecule is N#C/C(=C/NCCCCc1ccccc1)C(=O)Nc1cc([N+](=O)[O-])ccc1Cl. The van der Waals surface area contributed by atoms with Gasteiger partial charge in [-0.3, -0.25) is 14.9 Å². The van der Waals surface area contributed by atoms with Crippen molar-refractivity contribution in [1.29, 1.82) is 5.26 Å². The summed E-state index contributed by atoms with van der Waals surface area (Å²) in [6.45, 7) is 0.614. The van der Waals surface area contributed by atoms with E-state index in [-0.39, 0.29) is 22.0 Å². The summed E-state index contributed by atoms with van der Waals surface area (Å²) in [7, 11) is 0. The van der Waals surface area contributed by atoms with Gasteiger partial charge in [0.25, 0.3) is 11.6 Å². The summed E-state index contributed by atoms with van der Waals surface area (Å²) in [5, 5.41) is 25.5. The Morgan fingerprint density at radius 3 is 2.64 bits per heavy atom. The lowest BCUT2D eigenvalue weighted by Gasteiger charge is -2.07. The van der Waals surface area contributed by atoms with Crippen LogP contribution >= 0.6 is 11.6 Å². The van der Waals surface area contributed by atoms with Crippen LogP contribution in [0.5, 0.6) is 0 Å². The second-order valence-corrected chi connectivity index (χ2v) is 6.35. The Kier molecular flexibility index (Phi) is 8.00. The first-order valence-electron chi connectivity index (χ1n) is 8.64. The third kappa shape index (κ3) is 6.41. The van der Waals surface area contributed by atoms with Crippen molar-refractivity contribution in [2.75, 3.05) is 11.9 Å². The zero-order valence-electron chi connectivity index (χ0n) is 15.0. The summed E-state index contributed by atoms with van der Waals surface area (Å²) in [4.78, 5) is 22.5. The van der Waals surface area contributed by atoms with Crippen LogP contribution in [0.15, 0.2) is 60.3 Å². The monoisotopic (exact) mass is 398 g/mol. The minimum atomic E-state index is -0.693. The van der Waals surface area contributed by atoms with Gasteiger partial charge >= 0.3 is 0 Å². The van der Waals surface area contributed by atoms with Gasteiger partial charge in [-0.25, -0.2) is 0 Å². The summed E-state index contributed by atoms with van der Waals surface area (Å²) in [5.74, 6) is -0.693. The number of nitro benzene ring substituents is 1. The van der Waals surface area contributed by atoms with Crippen LogP contribution in [-0.2, 0) is 11.2 Å². The molecule has 0 spiro atoms. The minimum absolute atomic E-state index is 0.0740. The number of nitriles is 1. The number of carbonyl (C=O) groups is 1. The van der Waals surface area contributed by atoms with Gasteiger partial charge in [-0.15, -0.1) is 0 Å². The highest BCUT2D eigenvalue weighted by Crippen LogP contribution is 2.26. The van der Waals surface area contributed by atoms with Crippen molar-refractivity contribution < 1.29 is 9.72 Å². The van der Waals surface area contributed by atoms with E-state index < -0.39 is 10.8 Å². The largest absolute Gasteiger partial charge is 0.390 e. The molecule has 0 saturated heterocycles. The molecule has 7 nitrogen and oxygen atoms in total. The zero-order valence-corrected chi connectivity index (χ0v) is 15.8. The molecule has 2 rings (SSSR count). The second-order valence-electron chi connectivity index (χ2n) is 5.94. The lowest BCUT2D eigenvalue weighted by atomic mass is 10.1. The zero-order chi connectivity index (χ0) is 20.4. The van der Waals surface area contributed by atoms with Crippen molar-refractivity contribution in [3.05, 3.63) is 81.0 Å². The summed E-state index contributed by atoms with van der Waals surface area (Å²) in [5.41, 5.74) is 0.984. The fraction of sp³-hybridized carbons (Fsp3) is 0.200. The maximum absolute atomic E-state index is 12.2. The first kappa shape index (κ1) is 20.9. The molecule has 0 unspecified atom stereocenters. The second kappa shape index (κ2) is 10.7. The Morgan fingerprint density at radius 1 is 1.21 bits per heavy atom. The van der Waals surface area contributed by atoms with Crippen molar-refractivity contribution in [2.24, 2.45) is 0 Å². The number of nitro groups is 1. The number of hydrogen-bond acceptors (Lipinski definition) is 5. The van der Waals surface area contributed by atoms with E-state index in [0.717, 1.165) is 25.3 Å². The lowest BCUT2D eigenvalue weighted by molar-refractivity contribution is -0.384. The Morgan fingerprint density at radius 2 is 1.96 bits per heavy atom. The number of hydrogen-bond donors (Lipinski definition) is 2. The first-order valence-corrected chi connectivity index (χ1v) is 9.02. The molecule has 1 amide bonds. The molecule has 0 saturated carbocycles. The average Bonchev–Trinajstić information content (AvgIpc) is 2.69. The van der Waals surface area contributed by atoms with Crippen LogP contribution in [0, 0.1) is 21.4 Å². The van der Waals surface area contributed by atoms with Crippen LogP contribution in [0.2, 0.25) is 5.02 Å². The molecule has 0 aliphatic carbocycles. The van der Waals surface area contributed by atoms with Crippen LogP contribution in [0.3, 0.4) is 0 Å². The summed E-state index contributed by atoms with van der Waals surface area (Å²) >= 11 is 5.95. The number of amides is 1. The van der Waals surface area contributed by atoms with Gasteiger partial charge in [0.05, 0.1) is 15.6 Å². The molecular formula is C20H19ClN4O3. The number of unbranched alkanes of at least 4 members (excludes halogenated alkanes) is 1. The number of anilines is 1. The fourth-order valence-electron chi connectivity index (χ4n) is 2.44. The molecule has 28 heavy (non-hydrogen) atoms. The number of non-ortho nitro benzene ring substituents is 1. The van der Waals surface area contributed by atoms with Gasteiger partial charge in [-0.1, -0.05) is 41.9 Å². The number of rotatable bonds is 9. The Balaban J connectivity index is 1.85. The van der Waals surface area contributed by atoms with E-state index in [4.69, 9.17) is 11.6 Å². The first-order chi connectivity index (χ1) is 13.5. The predicted octanol–water partition coefficient (Wildman–Crippen LogP) is 4.21. The number of benzene rings is 2. The molecule has 0 bridgehead atoms. The molecule has 0 heterocycles. The molecule has 144 valence electrons. The Bertz CT molecular complexity index is 907. The third-order valence-corrected chi connectivity index (χ3v) is 4.23. The van der Waals surface area contributed by atoms with E-state index in [1.807, 2.05) is 18.2 Å². The van der Waals surface area contributed by atoms with Crippen LogP contribution in [0.25, 0.3) is 0 Å². The number of aryl methyl sites for hydroxylation is 1. The van der Waals surface area contributed by atoms with E-state index in [1.165, 1.54) is 23.9 Å². The van der Waals surface area contributed by atoms with Gasteiger partial charge in [0.15, 0.2) is 0 Å². The summed E-state index contributed by atoms with van der Waals surface area (Å²) in [6.07, 6.45) is 4.15. The Hall–Kier alpha value is -3.37. The number of nitrogens with one attached hydrogen (secondary N) is 2. The standard InChI is InChI=1S/C20H19ClN4O3/c21-18-10-9-17(25(27)28)12-19(18)24-20(26)16(13-22)14-23-11-5-4-8-15-6-2-1-3-7-15/h1-3,6-7,9-10,12,14,23H,4-5,8,11H2,(H,24,26)/b16-14-. The van der Waals surface area contributed by atoms with Crippen LogP contribution in [-0.4, -0.2) is 17.4 Å². The highest BCUT2D eigenvalue weighted by molar-refractivity contribution is 6.34. The van der Waals surface area contributed by atoms with Crippen LogP contribution in [0.1, 0.15) is 18.4 Å². The topological polar surface area (TPSA) is 108 Å². The lowest BCUT2D eigenvalue weighted by Crippen LogP contribution is -2.17. The maximum atomic E-state index is 12.2. The molecule has 0 atom stereocenters. The smallest absolute Gasteiger partial charge is 0.271 e. The van der Waals surface area contributed by atoms with Gasteiger partial charge in [0, 0.05) is 24.9 Å². The van der Waals surface area contributed by atoms with E-state index in [9.17, 15) is 20.2 Å². The summed E-state index contributed by atoms with van der Waals surface area (Å²) < 4.78 is 0. The van der Waals surface area contributed by atoms with Gasteiger partial charge in [0.1, 0.15) is 11.6 Å². The molecular weight excluding hydrogens is 380 g/mol. The van der Waals surface area contributed by atoms with Crippen molar-refractivity contribution in [2.45, 2.75) is 19.3 Å². The minimum Gasteiger partial charge on any atom is -0.390 e. The maximum Gasteiger partial charge on any atom is 0.271 e. The molecule has 0 radical (unpaired) electrons. The Labute approximate surface area is 167 Å². The van der Waals surface area contributed by atoms with Crippen LogP contribution < -0.4 is 10.6 Å². The molecule has 2 aromatic rings. The normalized spacial score (nSPS) is 10.8. The highest BCUT2D eigenvalue weighted by Gasteiger charge is 2.14. The average molecular weight is 399 g/mol. The quantitative estimate of drug-likeness (QED) is 0.216. The molecule has 2 aromatic carbocycles. The van der Waals surface area contributed by atoms with Gasteiger partial charge < -0.3 is 10.6 Å². The molecule has 0 aromatic heterocycles. The number of halogens is 1. The van der Waals surface area contributed by atoms with Crippen LogP contribution in [0.4, 0.5) is 11.4 Å². The van der Waals surface area contributed by atoms with Gasteiger partial charge in [-0.05, 0) is 30.9 Å². The van der Waals surface area contributed by atoms with Crippen molar-refractivity contribution >= 4 is 28.9 Å². The molecule has 0 fully saturated rings. The van der Waals surface area contributed by atoms with Crippen molar-refractivity contribution in [3.8, 4) is 6.07 Å². The van der Waals surface area contributed by atoms with E-state index in [1.54, 1.807) is 6.07 Å². The fourth-order valence-corrected chi connectivity index (χ4v) is 2.60. The van der Waals surface area contributed by atoms with Crippen molar-refractivity contribution in [1.82, 2.24) is 5.32 Å². The van der Waals surface area contributed by atoms with E-state index in [2.05, 4.69) is 22.8 Å². The summed E-state index contributed by atoms with van der Waals surface area (Å²) in [6, 6.07) is 15.6. The predicted molar refractivity (Wildman–Crippen MR) is 108 cm³/mol. The number of carbonyl (C=O) groups excluding carboxylic acids is 1. The van der Waals surface area contributed by atoms with Gasteiger partial charge in [0.2, 0.25) is 0 Å². The number of nitrogens with zero attached hydrogens (tertiary/aromatic N) is 2. The van der Waals surface area contributed by atoms with E-state index >= 15 is 0 Å². The molecule has 0 aliphatic rings. The molecule has 2 N–H and O–H groups in total. The van der Waals surface area contributed by atoms with E-state index in [0.29, 0.717) is 6.54 Å². The highest BCUT2D eigenvalue weighted by atomic mass is 35.5. The van der Waals surface area contributed by atoms with Gasteiger partial charge in [-0.2, -0.15) is 5.26 Å². The molecule has 8 heteroatoms. The van der Waals surface area contributed by atoms with Crippen molar-refractivity contribution in [3.63, 3.8) is 0 Å². The third-order valence-electron chi connectivity index (χ3n) is 3.90. The molecule has 0 aliphatic heterocycles.